The van der Waals surface area contributed by atoms with Gasteiger partial charge in [-0.25, -0.2) is 14.4 Å². The van der Waals surface area contributed by atoms with E-state index < -0.39 is 0 Å². The minimum Gasteiger partial charge on any atom is -0.378 e. The maximum absolute atomic E-state index is 14.1. The maximum atomic E-state index is 14.1. The van der Waals surface area contributed by atoms with Crippen molar-refractivity contribution in [2.75, 3.05) is 31.2 Å². The summed E-state index contributed by atoms with van der Waals surface area (Å²) in [5, 5.41) is 2.85. The average molecular weight is 354 g/mol. The second kappa shape index (κ2) is 5.79. The zero-order valence-electron chi connectivity index (χ0n) is 13.3. The van der Waals surface area contributed by atoms with Gasteiger partial charge in [-0.3, -0.25) is 0 Å². The third-order valence-electron chi connectivity index (χ3n) is 4.51. The molecule has 4 heterocycles. The van der Waals surface area contributed by atoms with Crippen molar-refractivity contribution in [2.24, 2.45) is 0 Å². The quantitative estimate of drug-likeness (QED) is 0.595. The Balaban J connectivity index is 1.75. The van der Waals surface area contributed by atoms with Gasteiger partial charge in [-0.1, -0.05) is 0 Å². The monoisotopic (exact) mass is 354 g/mol. The lowest BCUT2D eigenvalue weighted by Crippen LogP contribution is -2.37. The third-order valence-corrected chi connectivity index (χ3v) is 5.42. The van der Waals surface area contributed by atoms with Crippen LogP contribution in [0.1, 0.15) is 0 Å². The Hall–Kier alpha value is -2.51. The standard InChI is InChI=1S/C18H15FN4OS/c19-13-2-1-11(12-3-5-20-15(12)13)16-17-14(4-10-25-17)21-18(22-16)23-6-8-24-9-7-23/h1-5,10,20H,6-9H2. The number of benzene rings is 1. The summed E-state index contributed by atoms with van der Waals surface area (Å²) in [5.41, 5.74) is 3.20. The number of H-pyrrole nitrogens is 1. The summed E-state index contributed by atoms with van der Waals surface area (Å²) in [7, 11) is 0. The van der Waals surface area contributed by atoms with Crippen molar-refractivity contribution in [3.05, 3.63) is 41.7 Å². The van der Waals surface area contributed by atoms with Crippen molar-refractivity contribution in [2.45, 2.75) is 0 Å². The molecule has 25 heavy (non-hydrogen) atoms. The number of fused-ring (bicyclic) bond motifs is 2. The van der Waals surface area contributed by atoms with Crippen molar-refractivity contribution in [1.29, 1.82) is 0 Å². The molecule has 4 aromatic rings. The number of rotatable bonds is 2. The fourth-order valence-electron chi connectivity index (χ4n) is 3.27. The van der Waals surface area contributed by atoms with E-state index in [1.165, 1.54) is 6.07 Å². The zero-order chi connectivity index (χ0) is 16.8. The Kier molecular flexibility index (Phi) is 3.43. The second-order valence-electron chi connectivity index (χ2n) is 5.97. The minimum absolute atomic E-state index is 0.256. The number of thiophene rings is 1. The van der Waals surface area contributed by atoms with E-state index in [0.29, 0.717) is 24.7 Å². The SMILES string of the molecule is Fc1ccc(-c2nc(N3CCOCC3)nc3ccsc23)c2cc[nH]c12. The Morgan fingerprint density at radius 1 is 1.12 bits per heavy atom. The number of nitrogens with one attached hydrogen (secondary N) is 1. The molecule has 0 saturated carbocycles. The van der Waals surface area contributed by atoms with Gasteiger partial charge in [-0.05, 0) is 29.6 Å². The van der Waals surface area contributed by atoms with Gasteiger partial charge in [0.1, 0.15) is 5.82 Å². The van der Waals surface area contributed by atoms with Crippen LogP contribution in [0.4, 0.5) is 10.3 Å². The molecule has 5 nitrogen and oxygen atoms in total. The molecule has 7 heteroatoms. The number of morpholine rings is 1. The van der Waals surface area contributed by atoms with Crippen LogP contribution in [-0.2, 0) is 4.74 Å². The highest BCUT2D eigenvalue weighted by Gasteiger charge is 2.19. The Labute approximate surface area is 147 Å². The van der Waals surface area contributed by atoms with Gasteiger partial charge >= 0.3 is 0 Å². The van der Waals surface area contributed by atoms with E-state index in [-0.39, 0.29) is 5.82 Å². The van der Waals surface area contributed by atoms with Crippen LogP contribution < -0.4 is 4.90 Å². The summed E-state index contributed by atoms with van der Waals surface area (Å²) in [4.78, 5) is 14.7. The Morgan fingerprint density at radius 2 is 2.00 bits per heavy atom. The fourth-order valence-corrected chi connectivity index (χ4v) is 4.10. The van der Waals surface area contributed by atoms with Crippen LogP contribution in [0.15, 0.2) is 35.8 Å². The van der Waals surface area contributed by atoms with Crippen molar-refractivity contribution >= 4 is 38.4 Å². The fraction of sp³-hybridized carbons (Fsp3) is 0.222. The van der Waals surface area contributed by atoms with Crippen LogP contribution in [0.5, 0.6) is 0 Å². The van der Waals surface area contributed by atoms with Crippen LogP contribution in [0.2, 0.25) is 0 Å². The average Bonchev–Trinajstić information content (AvgIpc) is 3.32. The molecular formula is C18H15FN4OS. The van der Waals surface area contributed by atoms with Crippen molar-refractivity contribution in [3.8, 4) is 11.3 Å². The van der Waals surface area contributed by atoms with Crippen LogP contribution in [0.3, 0.4) is 0 Å². The summed E-state index contributed by atoms with van der Waals surface area (Å²) < 4.78 is 20.5. The van der Waals surface area contributed by atoms with Crippen molar-refractivity contribution in [3.63, 3.8) is 0 Å². The number of hydrogen-bond donors (Lipinski definition) is 1. The van der Waals surface area contributed by atoms with Crippen LogP contribution in [0, 0.1) is 5.82 Å². The molecule has 1 aliphatic heterocycles. The molecule has 1 aromatic carbocycles. The molecule has 0 amide bonds. The second-order valence-corrected chi connectivity index (χ2v) is 6.88. The topological polar surface area (TPSA) is 54.0 Å². The summed E-state index contributed by atoms with van der Waals surface area (Å²) in [5.74, 6) is 0.450. The number of hydrogen-bond acceptors (Lipinski definition) is 5. The van der Waals surface area contributed by atoms with E-state index in [2.05, 4.69) is 9.88 Å². The lowest BCUT2D eigenvalue weighted by molar-refractivity contribution is 0.122. The van der Waals surface area contributed by atoms with Gasteiger partial charge in [0.25, 0.3) is 0 Å². The van der Waals surface area contributed by atoms with Gasteiger partial charge in [0.15, 0.2) is 0 Å². The highest BCUT2D eigenvalue weighted by Crippen LogP contribution is 2.36. The first-order valence-electron chi connectivity index (χ1n) is 8.15. The molecule has 1 aliphatic rings. The van der Waals surface area contributed by atoms with Crippen LogP contribution in [-0.4, -0.2) is 41.3 Å². The number of anilines is 1. The molecule has 1 saturated heterocycles. The molecule has 1 N–H and O–H groups in total. The first-order valence-corrected chi connectivity index (χ1v) is 9.03. The molecule has 3 aromatic heterocycles. The first-order chi connectivity index (χ1) is 12.3. The lowest BCUT2D eigenvalue weighted by Gasteiger charge is -2.27. The molecular weight excluding hydrogens is 339 g/mol. The third kappa shape index (κ3) is 2.39. The molecule has 126 valence electrons. The van der Waals surface area contributed by atoms with E-state index in [9.17, 15) is 4.39 Å². The normalized spacial score (nSPS) is 15.3. The van der Waals surface area contributed by atoms with Gasteiger partial charge in [0, 0.05) is 30.2 Å². The van der Waals surface area contributed by atoms with E-state index >= 15 is 0 Å². The summed E-state index contributed by atoms with van der Waals surface area (Å²) in [6.45, 7) is 2.91. The molecule has 0 radical (unpaired) electrons. The smallest absolute Gasteiger partial charge is 0.226 e. The maximum Gasteiger partial charge on any atom is 0.226 e. The zero-order valence-corrected chi connectivity index (χ0v) is 14.1. The number of nitrogens with zero attached hydrogens (tertiary/aromatic N) is 3. The molecule has 1 fully saturated rings. The number of halogens is 1. The molecule has 0 aliphatic carbocycles. The number of ether oxygens (including phenoxy) is 1. The van der Waals surface area contributed by atoms with Crippen molar-refractivity contribution in [1.82, 2.24) is 15.0 Å². The largest absolute Gasteiger partial charge is 0.378 e. The number of aromatic amines is 1. The van der Waals surface area contributed by atoms with Gasteiger partial charge in [0.2, 0.25) is 5.95 Å². The summed E-state index contributed by atoms with van der Waals surface area (Å²) in [6.07, 6.45) is 1.76. The van der Waals surface area contributed by atoms with Crippen LogP contribution >= 0.6 is 11.3 Å². The van der Waals surface area contributed by atoms with Gasteiger partial charge in [-0.15, -0.1) is 11.3 Å². The lowest BCUT2D eigenvalue weighted by atomic mass is 10.1. The molecule has 0 unspecified atom stereocenters. The molecule has 0 bridgehead atoms. The number of aromatic nitrogens is 3. The van der Waals surface area contributed by atoms with Gasteiger partial charge in [-0.2, -0.15) is 0 Å². The predicted molar refractivity (Wildman–Crippen MR) is 97.7 cm³/mol. The minimum atomic E-state index is -0.256. The summed E-state index contributed by atoms with van der Waals surface area (Å²) >= 11 is 1.61. The van der Waals surface area contributed by atoms with Crippen LogP contribution in [0.25, 0.3) is 32.4 Å². The summed E-state index contributed by atoms with van der Waals surface area (Å²) in [6, 6.07) is 7.19. The van der Waals surface area contributed by atoms with Gasteiger partial charge in [0.05, 0.1) is 34.6 Å². The van der Waals surface area contributed by atoms with E-state index in [1.54, 1.807) is 23.6 Å². The van der Waals surface area contributed by atoms with E-state index in [1.807, 2.05) is 17.5 Å². The first kappa shape index (κ1) is 14.8. The Morgan fingerprint density at radius 3 is 2.88 bits per heavy atom. The highest BCUT2D eigenvalue weighted by molar-refractivity contribution is 7.17. The van der Waals surface area contributed by atoms with Crippen molar-refractivity contribution < 1.29 is 9.13 Å². The molecule has 0 atom stereocenters. The highest BCUT2D eigenvalue weighted by atomic mass is 32.1. The van der Waals surface area contributed by atoms with E-state index in [4.69, 9.17) is 14.7 Å². The molecule has 0 spiro atoms. The van der Waals surface area contributed by atoms with Gasteiger partial charge < -0.3 is 14.6 Å². The Bertz CT molecular complexity index is 1070. The van der Waals surface area contributed by atoms with E-state index in [0.717, 1.165) is 39.9 Å². The molecule has 5 rings (SSSR count). The predicted octanol–water partition coefficient (Wildman–Crippen LogP) is 3.82.